The van der Waals surface area contributed by atoms with Crippen molar-refractivity contribution in [3.63, 3.8) is 0 Å². The summed E-state index contributed by atoms with van der Waals surface area (Å²) in [6.07, 6.45) is 1.78. The highest BCUT2D eigenvalue weighted by Crippen LogP contribution is 2.36. The molecule has 28 heavy (non-hydrogen) atoms. The van der Waals surface area contributed by atoms with Gasteiger partial charge in [-0.05, 0) is 31.0 Å². The van der Waals surface area contributed by atoms with Gasteiger partial charge in [-0.1, -0.05) is 30.3 Å². The average molecular weight is 404 g/mol. The zero-order valence-corrected chi connectivity index (χ0v) is 16.7. The summed E-state index contributed by atoms with van der Waals surface area (Å²) >= 11 is 0. The van der Waals surface area contributed by atoms with Gasteiger partial charge in [-0.15, -0.1) is 0 Å². The zero-order valence-electron chi connectivity index (χ0n) is 15.9. The van der Waals surface area contributed by atoms with Crippen LogP contribution in [0.3, 0.4) is 0 Å². The second-order valence-corrected chi connectivity index (χ2v) is 8.58. The van der Waals surface area contributed by atoms with Gasteiger partial charge < -0.3 is 14.8 Å². The van der Waals surface area contributed by atoms with E-state index < -0.39 is 10.0 Å². The molecule has 8 heteroatoms. The molecule has 0 fully saturated rings. The van der Waals surface area contributed by atoms with Gasteiger partial charge in [0.25, 0.3) is 0 Å². The maximum absolute atomic E-state index is 12.2. The molecular weight excluding hydrogens is 380 g/mol. The molecule has 1 atom stereocenters. The van der Waals surface area contributed by atoms with Gasteiger partial charge in [0.1, 0.15) is 0 Å². The highest BCUT2D eigenvalue weighted by Gasteiger charge is 2.21. The molecule has 0 bridgehead atoms. The number of benzene rings is 2. The van der Waals surface area contributed by atoms with Gasteiger partial charge in [-0.25, -0.2) is 8.42 Å². The van der Waals surface area contributed by atoms with Crippen molar-refractivity contribution >= 4 is 21.6 Å². The summed E-state index contributed by atoms with van der Waals surface area (Å²) < 4.78 is 36.3. The van der Waals surface area contributed by atoms with Gasteiger partial charge in [-0.3, -0.25) is 9.10 Å². The van der Waals surface area contributed by atoms with Crippen LogP contribution < -0.4 is 19.1 Å². The van der Waals surface area contributed by atoms with Crippen LogP contribution in [0.1, 0.15) is 31.4 Å². The number of carbonyl (C=O) groups is 1. The topological polar surface area (TPSA) is 84.9 Å². The van der Waals surface area contributed by atoms with Crippen molar-refractivity contribution in [3.05, 3.63) is 54.1 Å². The third-order valence-electron chi connectivity index (χ3n) is 4.49. The summed E-state index contributed by atoms with van der Waals surface area (Å²) in [7, 11) is -3.49. The van der Waals surface area contributed by atoms with Gasteiger partial charge in [0.05, 0.1) is 18.0 Å². The molecule has 1 aliphatic rings. The first-order chi connectivity index (χ1) is 13.3. The van der Waals surface area contributed by atoms with Crippen molar-refractivity contribution < 1.29 is 22.7 Å². The Morgan fingerprint density at radius 3 is 2.57 bits per heavy atom. The molecule has 3 rings (SSSR count). The molecule has 1 aliphatic heterocycles. The summed E-state index contributed by atoms with van der Waals surface area (Å²) in [6.45, 7) is 2.24. The van der Waals surface area contributed by atoms with E-state index in [9.17, 15) is 13.2 Å². The fourth-order valence-electron chi connectivity index (χ4n) is 3.05. The number of fused-ring (bicyclic) bond motifs is 1. The molecular formula is C20H24N2O5S. The predicted molar refractivity (Wildman–Crippen MR) is 107 cm³/mol. The van der Waals surface area contributed by atoms with Crippen LogP contribution in [0, 0.1) is 0 Å². The van der Waals surface area contributed by atoms with E-state index in [4.69, 9.17) is 9.47 Å². The first-order valence-corrected chi connectivity index (χ1v) is 10.9. The fourth-order valence-corrected chi connectivity index (χ4v) is 4.01. The van der Waals surface area contributed by atoms with E-state index in [1.54, 1.807) is 18.2 Å². The molecule has 0 saturated carbocycles. The number of sulfonamides is 1. The quantitative estimate of drug-likeness (QED) is 0.731. The molecule has 0 aromatic heterocycles. The Hall–Kier alpha value is -2.74. The summed E-state index contributed by atoms with van der Waals surface area (Å²) in [5, 5.41) is 2.94. The van der Waals surface area contributed by atoms with E-state index in [1.165, 1.54) is 4.31 Å². The van der Waals surface area contributed by atoms with Gasteiger partial charge in [0.15, 0.2) is 11.5 Å². The van der Waals surface area contributed by atoms with Crippen LogP contribution >= 0.6 is 0 Å². The first-order valence-electron chi connectivity index (χ1n) is 9.06. The minimum atomic E-state index is -3.49. The van der Waals surface area contributed by atoms with Crippen LogP contribution in [0.5, 0.6) is 11.5 Å². The third kappa shape index (κ3) is 4.95. The summed E-state index contributed by atoms with van der Waals surface area (Å²) in [4.78, 5) is 12.2. The third-order valence-corrected chi connectivity index (χ3v) is 5.68. The lowest BCUT2D eigenvalue weighted by Crippen LogP contribution is -2.32. The molecule has 1 heterocycles. The van der Waals surface area contributed by atoms with E-state index in [0.29, 0.717) is 23.6 Å². The van der Waals surface area contributed by atoms with E-state index in [0.717, 1.165) is 11.8 Å². The Kier molecular flexibility index (Phi) is 6.08. The largest absolute Gasteiger partial charge is 0.454 e. The van der Waals surface area contributed by atoms with Gasteiger partial charge in [-0.2, -0.15) is 0 Å². The summed E-state index contributed by atoms with van der Waals surface area (Å²) in [5.74, 6) is 0.988. The lowest BCUT2D eigenvalue weighted by molar-refractivity contribution is -0.121. The smallest absolute Gasteiger partial charge is 0.232 e. The Bertz CT molecular complexity index is 931. The van der Waals surface area contributed by atoms with Gasteiger partial charge in [0, 0.05) is 19.0 Å². The Balaban J connectivity index is 1.58. The number of rotatable bonds is 8. The number of nitrogens with one attached hydrogen (secondary N) is 1. The van der Waals surface area contributed by atoms with Crippen LogP contribution in [0.2, 0.25) is 0 Å². The fraction of sp³-hybridized carbons (Fsp3) is 0.350. The Labute approximate surface area is 165 Å². The molecule has 0 spiro atoms. The van der Waals surface area contributed by atoms with Crippen molar-refractivity contribution in [2.24, 2.45) is 0 Å². The SMILES string of the molecule is C[C@H](NC(=O)CCCN(c1ccc2c(c1)OCO2)S(C)(=O)=O)c1ccccc1. The van der Waals surface area contributed by atoms with Gasteiger partial charge >= 0.3 is 0 Å². The molecule has 2 aromatic rings. The molecule has 7 nitrogen and oxygen atoms in total. The molecule has 0 radical (unpaired) electrons. The lowest BCUT2D eigenvalue weighted by atomic mass is 10.1. The van der Waals surface area contributed by atoms with Crippen molar-refractivity contribution in [1.29, 1.82) is 0 Å². The number of hydrogen-bond donors (Lipinski definition) is 1. The normalized spacial score (nSPS) is 13.8. The van der Waals surface area contributed by atoms with E-state index in [1.807, 2.05) is 37.3 Å². The number of ether oxygens (including phenoxy) is 2. The minimum absolute atomic E-state index is 0.103. The minimum Gasteiger partial charge on any atom is -0.454 e. The molecule has 0 unspecified atom stereocenters. The van der Waals surface area contributed by atoms with Crippen molar-refractivity contribution in [1.82, 2.24) is 5.32 Å². The lowest BCUT2D eigenvalue weighted by Gasteiger charge is -2.22. The van der Waals surface area contributed by atoms with Crippen molar-refractivity contribution in [2.75, 3.05) is 23.9 Å². The van der Waals surface area contributed by atoms with Crippen LogP contribution in [0.4, 0.5) is 5.69 Å². The molecule has 0 aliphatic carbocycles. The van der Waals surface area contributed by atoms with Gasteiger partial charge in [0.2, 0.25) is 22.7 Å². The van der Waals surface area contributed by atoms with E-state index in [-0.39, 0.29) is 31.7 Å². The Morgan fingerprint density at radius 1 is 1.14 bits per heavy atom. The average Bonchev–Trinajstić information content (AvgIpc) is 3.12. The molecule has 1 amide bonds. The van der Waals surface area contributed by atoms with E-state index >= 15 is 0 Å². The van der Waals surface area contributed by atoms with Crippen LogP contribution in [0.25, 0.3) is 0 Å². The molecule has 0 saturated heterocycles. The number of hydrogen-bond acceptors (Lipinski definition) is 5. The molecule has 2 aromatic carbocycles. The second-order valence-electron chi connectivity index (χ2n) is 6.68. The predicted octanol–water partition coefficient (Wildman–Crippen LogP) is 2.84. The number of anilines is 1. The summed E-state index contributed by atoms with van der Waals surface area (Å²) in [6, 6.07) is 14.6. The zero-order chi connectivity index (χ0) is 20.1. The van der Waals surface area contributed by atoms with Crippen molar-refractivity contribution in [3.8, 4) is 11.5 Å². The molecule has 150 valence electrons. The number of nitrogens with zero attached hydrogens (tertiary/aromatic N) is 1. The first kappa shape index (κ1) is 20.0. The monoisotopic (exact) mass is 404 g/mol. The maximum Gasteiger partial charge on any atom is 0.232 e. The highest BCUT2D eigenvalue weighted by molar-refractivity contribution is 7.92. The van der Waals surface area contributed by atoms with Crippen molar-refractivity contribution in [2.45, 2.75) is 25.8 Å². The summed E-state index contributed by atoms with van der Waals surface area (Å²) in [5.41, 5.74) is 1.51. The van der Waals surface area contributed by atoms with E-state index in [2.05, 4.69) is 5.32 Å². The number of amides is 1. The standard InChI is InChI=1S/C20H24N2O5S/c1-15(16-7-4-3-5-8-16)21-20(23)9-6-12-22(28(2,24)25)17-10-11-18-19(13-17)27-14-26-18/h3-5,7-8,10-11,13,15H,6,9,12,14H2,1-2H3,(H,21,23)/t15-/m0/s1. The second kappa shape index (κ2) is 8.52. The maximum atomic E-state index is 12.2. The highest BCUT2D eigenvalue weighted by atomic mass is 32.2. The number of carbonyl (C=O) groups excluding carboxylic acids is 1. The Morgan fingerprint density at radius 2 is 1.86 bits per heavy atom. The van der Waals surface area contributed by atoms with Crippen LogP contribution in [0.15, 0.2) is 48.5 Å². The molecule has 1 N–H and O–H groups in total. The van der Waals surface area contributed by atoms with Crippen LogP contribution in [-0.4, -0.2) is 33.9 Å². The van der Waals surface area contributed by atoms with Crippen LogP contribution in [-0.2, 0) is 14.8 Å².